The lowest BCUT2D eigenvalue weighted by molar-refractivity contribution is 0.0203. The Kier molecular flexibility index (Phi) is 6.78. The summed E-state index contributed by atoms with van der Waals surface area (Å²) in [6.45, 7) is 8.34. The van der Waals surface area contributed by atoms with Gasteiger partial charge in [-0.1, -0.05) is 17.7 Å². The Bertz CT molecular complexity index is 1480. The standard InChI is InChI=1S/C25H31N5O5S/c1-16-6-8-18(9-7-16)36(5,34)28-23(32)19-15-26-30-20(14-21(31)27-22(19)30)17-10-12-29(13-11-17)24(33)35-25(2,3)4/h6-9,14-15,17H,10-13H2,1-5H3,(H,27,31). The number of piperidine rings is 1. The second kappa shape index (κ2) is 9.53. The van der Waals surface area contributed by atoms with E-state index in [-0.39, 0.29) is 28.8 Å². The number of likely N-dealkylation sites (tertiary alicyclic amines) is 1. The number of aromatic amines is 1. The van der Waals surface area contributed by atoms with E-state index in [2.05, 4.69) is 14.4 Å². The summed E-state index contributed by atoms with van der Waals surface area (Å²) in [6.07, 6.45) is 3.61. The Morgan fingerprint density at radius 1 is 1.17 bits per heavy atom. The van der Waals surface area contributed by atoms with Crippen molar-refractivity contribution in [2.24, 2.45) is 4.36 Å². The molecule has 3 heterocycles. The SMILES string of the molecule is Cc1ccc(S(C)(=O)=NC(=O)c2cnn3c(C4CCN(C(=O)OC(C)(C)C)CC4)cc(=O)[nH]c23)cc1. The number of hydrogen-bond donors (Lipinski definition) is 1. The van der Waals surface area contributed by atoms with Gasteiger partial charge in [0, 0.05) is 36.2 Å². The molecule has 1 aromatic carbocycles. The molecule has 3 aromatic rings. The van der Waals surface area contributed by atoms with E-state index in [0.29, 0.717) is 36.5 Å². The fourth-order valence-corrected chi connectivity index (χ4v) is 5.36. The first-order chi connectivity index (χ1) is 16.8. The maximum absolute atomic E-state index is 13.2. The van der Waals surface area contributed by atoms with Crippen LogP contribution in [0, 0.1) is 6.92 Å². The van der Waals surface area contributed by atoms with Gasteiger partial charge in [0.15, 0.2) is 0 Å². The van der Waals surface area contributed by atoms with Crippen LogP contribution in [0.4, 0.5) is 4.79 Å². The van der Waals surface area contributed by atoms with Crippen LogP contribution in [0.25, 0.3) is 5.65 Å². The highest BCUT2D eigenvalue weighted by Crippen LogP contribution is 2.29. The van der Waals surface area contributed by atoms with Gasteiger partial charge in [-0.05, 0) is 52.7 Å². The van der Waals surface area contributed by atoms with Gasteiger partial charge in [0.05, 0.1) is 21.6 Å². The van der Waals surface area contributed by atoms with E-state index in [1.165, 1.54) is 23.0 Å². The van der Waals surface area contributed by atoms with E-state index in [0.717, 1.165) is 5.56 Å². The molecule has 1 aliphatic rings. The summed E-state index contributed by atoms with van der Waals surface area (Å²) >= 11 is 0. The quantitative estimate of drug-likeness (QED) is 0.569. The number of nitrogens with zero attached hydrogens (tertiary/aromatic N) is 4. The summed E-state index contributed by atoms with van der Waals surface area (Å²) in [5.74, 6) is -0.762. The number of H-pyrrole nitrogens is 1. The molecule has 0 saturated carbocycles. The third-order valence-corrected chi connectivity index (χ3v) is 7.71. The van der Waals surface area contributed by atoms with Gasteiger partial charge in [-0.3, -0.25) is 9.59 Å². The maximum Gasteiger partial charge on any atom is 0.410 e. The van der Waals surface area contributed by atoms with Crippen LogP contribution in [0.2, 0.25) is 0 Å². The molecule has 2 amide bonds. The predicted molar refractivity (Wildman–Crippen MR) is 136 cm³/mol. The molecular weight excluding hydrogens is 482 g/mol. The Morgan fingerprint density at radius 3 is 2.42 bits per heavy atom. The van der Waals surface area contributed by atoms with Crippen molar-refractivity contribution in [1.29, 1.82) is 0 Å². The summed E-state index contributed by atoms with van der Waals surface area (Å²) in [5, 5.41) is 4.34. The van der Waals surface area contributed by atoms with Crippen LogP contribution < -0.4 is 5.56 Å². The third-order valence-electron chi connectivity index (χ3n) is 6.05. The molecule has 1 fully saturated rings. The van der Waals surface area contributed by atoms with Gasteiger partial charge < -0.3 is 14.6 Å². The Hall–Kier alpha value is -3.47. The van der Waals surface area contributed by atoms with Crippen molar-refractivity contribution in [2.45, 2.75) is 57.0 Å². The van der Waals surface area contributed by atoms with Gasteiger partial charge in [0.1, 0.15) is 16.8 Å². The normalized spacial score (nSPS) is 16.5. The van der Waals surface area contributed by atoms with E-state index in [1.54, 1.807) is 17.0 Å². The first-order valence-electron chi connectivity index (χ1n) is 11.8. The lowest BCUT2D eigenvalue weighted by atomic mass is 9.93. The molecule has 0 aliphatic carbocycles. The van der Waals surface area contributed by atoms with E-state index in [1.807, 2.05) is 39.8 Å². The van der Waals surface area contributed by atoms with E-state index in [9.17, 15) is 18.6 Å². The zero-order valence-corrected chi connectivity index (χ0v) is 21.9. The second-order valence-corrected chi connectivity index (χ2v) is 12.4. The molecule has 2 aromatic heterocycles. The fourth-order valence-electron chi connectivity index (χ4n) is 4.20. The van der Waals surface area contributed by atoms with Gasteiger partial charge in [-0.15, -0.1) is 0 Å². The number of carbonyl (C=O) groups excluding carboxylic acids is 2. The average molecular weight is 514 g/mol. The molecule has 0 spiro atoms. The highest BCUT2D eigenvalue weighted by atomic mass is 32.2. The number of carbonyl (C=O) groups is 2. The van der Waals surface area contributed by atoms with Crippen LogP contribution in [0.5, 0.6) is 0 Å². The molecule has 1 aliphatic heterocycles. The Labute approximate surface area is 209 Å². The summed E-state index contributed by atoms with van der Waals surface area (Å²) in [7, 11) is -2.99. The first kappa shape index (κ1) is 25.6. The van der Waals surface area contributed by atoms with Crippen LogP contribution in [0.3, 0.4) is 0 Å². The van der Waals surface area contributed by atoms with Crippen molar-refractivity contribution in [1.82, 2.24) is 19.5 Å². The summed E-state index contributed by atoms with van der Waals surface area (Å²) in [4.78, 5) is 42.7. The van der Waals surface area contributed by atoms with Crippen molar-refractivity contribution in [2.75, 3.05) is 19.3 Å². The molecule has 36 heavy (non-hydrogen) atoms. The molecule has 11 heteroatoms. The molecule has 1 N–H and O–H groups in total. The lowest BCUT2D eigenvalue weighted by Gasteiger charge is -2.33. The highest BCUT2D eigenvalue weighted by Gasteiger charge is 2.29. The minimum atomic E-state index is -2.99. The summed E-state index contributed by atoms with van der Waals surface area (Å²) in [6, 6.07) is 8.47. The van der Waals surface area contributed by atoms with Crippen LogP contribution in [0.15, 0.2) is 50.6 Å². The number of amides is 2. The smallest absolute Gasteiger partial charge is 0.410 e. The van der Waals surface area contributed by atoms with Gasteiger partial charge >= 0.3 is 6.09 Å². The molecule has 0 radical (unpaired) electrons. The molecule has 4 rings (SSSR count). The van der Waals surface area contributed by atoms with Crippen LogP contribution in [-0.2, 0) is 14.5 Å². The second-order valence-electron chi connectivity index (χ2n) is 10.1. The van der Waals surface area contributed by atoms with E-state index < -0.39 is 21.2 Å². The summed E-state index contributed by atoms with van der Waals surface area (Å²) in [5.41, 5.74) is 0.980. The largest absolute Gasteiger partial charge is 0.444 e. The van der Waals surface area contributed by atoms with Crippen molar-refractivity contribution in [3.05, 3.63) is 63.7 Å². The van der Waals surface area contributed by atoms with E-state index in [4.69, 9.17) is 4.74 Å². The number of aryl methyl sites for hydroxylation is 1. The average Bonchev–Trinajstić information content (AvgIpc) is 3.21. The van der Waals surface area contributed by atoms with Gasteiger partial charge in [0.25, 0.3) is 11.5 Å². The van der Waals surface area contributed by atoms with E-state index >= 15 is 0 Å². The van der Waals surface area contributed by atoms with Gasteiger partial charge in [-0.25, -0.2) is 13.5 Å². The number of aromatic nitrogens is 3. The predicted octanol–water partition coefficient (Wildman–Crippen LogP) is 3.74. The van der Waals surface area contributed by atoms with Crippen molar-refractivity contribution in [3.63, 3.8) is 0 Å². The molecule has 192 valence electrons. The monoisotopic (exact) mass is 513 g/mol. The highest BCUT2D eigenvalue weighted by molar-refractivity contribution is 7.93. The minimum Gasteiger partial charge on any atom is -0.444 e. The van der Waals surface area contributed by atoms with Crippen LogP contribution in [-0.4, -0.2) is 60.7 Å². The van der Waals surface area contributed by atoms with Crippen LogP contribution >= 0.6 is 0 Å². The maximum atomic E-state index is 13.2. The lowest BCUT2D eigenvalue weighted by Crippen LogP contribution is -2.41. The van der Waals surface area contributed by atoms with Gasteiger partial charge in [0.2, 0.25) is 0 Å². The number of benzene rings is 1. The number of ether oxygens (including phenoxy) is 1. The van der Waals surface area contributed by atoms with Crippen molar-refractivity contribution >= 4 is 27.4 Å². The molecule has 1 unspecified atom stereocenters. The number of fused-ring (bicyclic) bond motifs is 1. The van der Waals surface area contributed by atoms with Crippen LogP contribution in [0.1, 0.15) is 61.1 Å². The molecule has 1 saturated heterocycles. The first-order valence-corrected chi connectivity index (χ1v) is 13.7. The number of rotatable bonds is 3. The fraction of sp³-hybridized carbons (Fsp3) is 0.440. The topological polar surface area (TPSA) is 126 Å². The molecule has 1 atom stereocenters. The van der Waals surface area contributed by atoms with Crippen molar-refractivity contribution in [3.8, 4) is 0 Å². The Balaban J connectivity index is 1.60. The zero-order chi connectivity index (χ0) is 26.3. The third kappa shape index (κ3) is 5.51. The summed E-state index contributed by atoms with van der Waals surface area (Å²) < 4.78 is 24.1. The minimum absolute atomic E-state index is 0.0452. The number of nitrogens with one attached hydrogen (secondary N) is 1. The Morgan fingerprint density at radius 2 is 1.81 bits per heavy atom. The molecular formula is C25H31N5O5S. The molecule has 10 nitrogen and oxygen atoms in total. The van der Waals surface area contributed by atoms with Crippen molar-refractivity contribution < 1.29 is 18.5 Å². The number of hydrogen-bond acceptors (Lipinski definition) is 6. The zero-order valence-electron chi connectivity index (χ0n) is 21.1. The van der Waals surface area contributed by atoms with Gasteiger partial charge in [-0.2, -0.15) is 9.46 Å². The molecule has 0 bridgehead atoms.